The molecule has 2 N–H and O–H groups in total. The molecular formula is C10H21NO2. The minimum absolute atomic E-state index is 0.217. The largest absolute Gasteiger partial charge is 0.480 e. The van der Waals surface area contributed by atoms with Crippen molar-refractivity contribution in [2.24, 2.45) is 5.92 Å². The smallest absolute Gasteiger partial charge is 0.320 e. The zero-order valence-electron chi connectivity index (χ0n) is 8.84. The molecule has 0 fully saturated rings. The maximum atomic E-state index is 10.9. The van der Waals surface area contributed by atoms with E-state index in [9.17, 15) is 4.79 Å². The van der Waals surface area contributed by atoms with Gasteiger partial charge in [-0.25, -0.2) is 0 Å². The van der Waals surface area contributed by atoms with Crippen LogP contribution in [0.25, 0.3) is 0 Å². The van der Waals surface area contributed by atoms with Crippen LogP contribution >= 0.6 is 0 Å². The third-order valence-electron chi connectivity index (χ3n) is 2.19. The Bertz CT molecular complexity index is 148. The fourth-order valence-corrected chi connectivity index (χ4v) is 1.45. The number of rotatable bonds is 7. The lowest BCUT2D eigenvalue weighted by Crippen LogP contribution is -2.42. The highest BCUT2D eigenvalue weighted by atomic mass is 16.4. The lowest BCUT2D eigenvalue weighted by atomic mass is 9.97. The van der Waals surface area contributed by atoms with Gasteiger partial charge in [0.15, 0.2) is 0 Å². The monoisotopic (exact) mass is 187 g/mol. The predicted octanol–water partition coefficient (Wildman–Crippen LogP) is 1.88. The van der Waals surface area contributed by atoms with Gasteiger partial charge in [-0.1, -0.05) is 27.2 Å². The molecule has 13 heavy (non-hydrogen) atoms. The van der Waals surface area contributed by atoms with Crippen molar-refractivity contribution >= 4 is 5.97 Å². The van der Waals surface area contributed by atoms with Crippen molar-refractivity contribution in [3.8, 4) is 0 Å². The molecule has 0 spiro atoms. The van der Waals surface area contributed by atoms with Crippen LogP contribution in [0, 0.1) is 5.92 Å². The quantitative estimate of drug-likeness (QED) is 0.639. The Morgan fingerprint density at radius 2 is 2.00 bits per heavy atom. The Balaban J connectivity index is 3.99. The molecule has 0 aliphatic heterocycles. The number of carboxylic acids is 1. The molecule has 0 heterocycles. The van der Waals surface area contributed by atoms with Crippen molar-refractivity contribution < 1.29 is 9.90 Å². The first-order valence-electron chi connectivity index (χ1n) is 5.09. The van der Waals surface area contributed by atoms with E-state index in [1.54, 1.807) is 0 Å². The second-order valence-corrected chi connectivity index (χ2v) is 3.54. The van der Waals surface area contributed by atoms with E-state index in [2.05, 4.69) is 12.2 Å². The molecule has 0 saturated carbocycles. The highest BCUT2D eigenvalue weighted by Gasteiger charge is 2.22. The van der Waals surface area contributed by atoms with Gasteiger partial charge in [0.25, 0.3) is 0 Å². The standard InChI is InChI=1S/C10H21NO2/c1-4-6-8(3)9(10(12)13)11-7-5-2/h8-9,11H,4-7H2,1-3H3,(H,12,13). The van der Waals surface area contributed by atoms with Crippen molar-refractivity contribution in [2.75, 3.05) is 6.54 Å². The van der Waals surface area contributed by atoms with E-state index in [1.807, 2.05) is 13.8 Å². The molecule has 0 aromatic carbocycles. The average molecular weight is 187 g/mol. The number of nitrogens with one attached hydrogen (secondary N) is 1. The van der Waals surface area contributed by atoms with Crippen molar-refractivity contribution in [2.45, 2.75) is 46.1 Å². The number of carboxylic acid groups (broad SMARTS) is 1. The number of hydrogen-bond acceptors (Lipinski definition) is 2. The molecule has 0 aromatic rings. The van der Waals surface area contributed by atoms with Gasteiger partial charge in [-0.15, -0.1) is 0 Å². The van der Waals surface area contributed by atoms with Gasteiger partial charge in [-0.05, 0) is 25.3 Å². The van der Waals surface area contributed by atoms with Gasteiger partial charge >= 0.3 is 5.97 Å². The summed E-state index contributed by atoms with van der Waals surface area (Å²) in [5.41, 5.74) is 0. The average Bonchev–Trinajstić information content (AvgIpc) is 2.05. The summed E-state index contributed by atoms with van der Waals surface area (Å²) in [6.45, 7) is 6.89. The molecule has 2 unspecified atom stereocenters. The summed E-state index contributed by atoms with van der Waals surface area (Å²) in [5, 5.41) is 12.0. The van der Waals surface area contributed by atoms with Gasteiger partial charge in [-0.3, -0.25) is 4.79 Å². The van der Waals surface area contributed by atoms with E-state index in [-0.39, 0.29) is 12.0 Å². The SMILES string of the molecule is CCCNC(C(=O)O)C(C)CCC. The molecule has 0 saturated heterocycles. The number of carbonyl (C=O) groups is 1. The minimum atomic E-state index is -0.727. The van der Waals surface area contributed by atoms with Crippen LogP contribution in [0.15, 0.2) is 0 Å². The highest BCUT2D eigenvalue weighted by Crippen LogP contribution is 2.10. The summed E-state index contributed by atoms with van der Waals surface area (Å²) < 4.78 is 0. The van der Waals surface area contributed by atoms with Crippen molar-refractivity contribution in [3.05, 3.63) is 0 Å². The van der Waals surface area contributed by atoms with Crippen molar-refractivity contribution in [3.63, 3.8) is 0 Å². The Morgan fingerprint density at radius 3 is 2.38 bits per heavy atom. The van der Waals surface area contributed by atoms with E-state index >= 15 is 0 Å². The lowest BCUT2D eigenvalue weighted by Gasteiger charge is -2.20. The van der Waals surface area contributed by atoms with E-state index in [1.165, 1.54) is 0 Å². The maximum absolute atomic E-state index is 10.9. The Morgan fingerprint density at radius 1 is 1.38 bits per heavy atom. The van der Waals surface area contributed by atoms with Crippen LogP contribution in [0.3, 0.4) is 0 Å². The Kier molecular flexibility index (Phi) is 6.59. The summed E-state index contributed by atoms with van der Waals surface area (Å²) in [7, 11) is 0. The van der Waals surface area contributed by atoms with Gasteiger partial charge in [0.05, 0.1) is 0 Å². The fourth-order valence-electron chi connectivity index (χ4n) is 1.45. The maximum Gasteiger partial charge on any atom is 0.320 e. The minimum Gasteiger partial charge on any atom is -0.480 e. The number of aliphatic carboxylic acids is 1. The van der Waals surface area contributed by atoms with Gasteiger partial charge in [0.1, 0.15) is 6.04 Å². The van der Waals surface area contributed by atoms with Crippen LogP contribution in [0.2, 0.25) is 0 Å². The van der Waals surface area contributed by atoms with Gasteiger partial charge in [0.2, 0.25) is 0 Å². The van der Waals surface area contributed by atoms with Gasteiger partial charge < -0.3 is 10.4 Å². The van der Waals surface area contributed by atoms with Crippen LogP contribution in [-0.2, 0) is 4.79 Å². The second kappa shape index (κ2) is 6.89. The lowest BCUT2D eigenvalue weighted by molar-refractivity contribution is -0.140. The summed E-state index contributed by atoms with van der Waals surface area (Å²) in [4.78, 5) is 10.9. The third kappa shape index (κ3) is 4.88. The highest BCUT2D eigenvalue weighted by molar-refractivity contribution is 5.73. The molecule has 3 nitrogen and oxygen atoms in total. The Hall–Kier alpha value is -0.570. The zero-order valence-corrected chi connectivity index (χ0v) is 8.84. The van der Waals surface area contributed by atoms with Crippen LogP contribution in [0.5, 0.6) is 0 Å². The summed E-state index contributed by atoms with van der Waals surface area (Å²) in [6, 6.07) is -0.375. The van der Waals surface area contributed by atoms with E-state index in [0.29, 0.717) is 0 Å². The summed E-state index contributed by atoms with van der Waals surface area (Å²) >= 11 is 0. The molecular weight excluding hydrogens is 166 g/mol. The first kappa shape index (κ1) is 12.4. The van der Waals surface area contributed by atoms with E-state index in [0.717, 1.165) is 25.8 Å². The normalized spacial score (nSPS) is 15.3. The fraction of sp³-hybridized carbons (Fsp3) is 0.900. The van der Waals surface area contributed by atoms with E-state index < -0.39 is 5.97 Å². The first-order chi connectivity index (χ1) is 6.13. The molecule has 0 radical (unpaired) electrons. The molecule has 3 heteroatoms. The molecule has 78 valence electrons. The van der Waals surface area contributed by atoms with Gasteiger partial charge in [0, 0.05) is 0 Å². The predicted molar refractivity (Wildman–Crippen MR) is 53.8 cm³/mol. The molecule has 0 aromatic heterocycles. The van der Waals surface area contributed by atoms with E-state index in [4.69, 9.17) is 5.11 Å². The van der Waals surface area contributed by atoms with Crippen LogP contribution in [0.1, 0.15) is 40.0 Å². The third-order valence-corrected chi connectivity index (χ3v) is 2.19. The van der Waals surface area contributed by atoms with Gasteiger partial charge in [-0.2, -0.15) is 0 Å². The molecule has 0 amide bonds. The van der Waals surface area contributed by atoms with Crippen LogP contribution in [0.4, 0.5) is 0 Å². The number of hydrogen-bond donors (Lipinski definition) is 2. The van der Waals surface area contributed by atoms with Crippen LogP contribution in [-0.4, -0.2) is 23.7 Å². The molecule has 0 bridgehead atoms. The molecule has 0 aliphatic rings. The molecule has 2 atom stereocenters. The Labute approximate surface area is 80.5 Å². The topological polar surface area (TPSA) is 49.3 Å². The molecule has 0 rings (SSSR count). The first-order valence-corrected chi connectivity index (χ1v) is 5.09. The van der Waals surface area contributed by atoms with Crippen LogP contribution < -0.4 is 5.32 Å². The zero-order chi connectivity index (χ0) is 10.3. The molecule has 0 aliphatic carbocycles. The summed E-state index contributed by atoms with van der Waals surface area (Å²) in [6.07, 6.45) is 2.98. The van der Waals surface area contributed by atoms with Crippen molar-refractivity contribution in [1.82, 2.24) is 5.32 Å². The summed E-state index contributed by atoms with van der Waals surface area (Å²) in [5.74, 6) is -0.511. The second-order valence-electron chi connectivity index (χ2n) is 3.54. The van der Waals surface area contributed by atoms with Crippen molar-refractivity contribution in [1.29, 1.82) is 0 Å².